The maximum atomic E-state index is 11.9. The summed E-state index contributed by atoms with van der Waals surface area (Å²) in [6, 6.07) is 16.1. The fourth-order valence-corrected chi connectivity index (χ4v) is 3.26. The fraction of sp³-hybridized carbons (Fsp3) is 0.381. The molecule has 154 valence electrons. The molecule has 8 heteroatoms. The summed E-state index contributed by atoms with van der Waals surface area (Å²) in [5.74, 6) is 0.235. The van der Waals surface area contributed by atoms with Crippen molar-refractivity contribution in [2.45, 2.75) is 6.42 Å². The Bertz CT molecular complexity index is 790. The largest absolute Gasteiger partial charge is 0.484 e. The quantitative estimate of drug-likeness (QED) is 0.396. The molecule has 0 saturated carbocycles. The molecule has 0 spiro atoms. The summed E-state index contributed by atoms with van der Waals surface area (Å²) in [5.41, 5.74) is 1.26. The van der Waals surface area contributed by atoms with Crippen LogP contribution in [0.2, 0.25) is 0 Å². The van der Waals surface area contributed by atoms with Crippen molar-refractivity contribution >= 4 is 17.3 Å². The lowest BCUT2D eigenvalue weighted by atomic mass is 10.2. The monoisotopic (exact) mass is 398 g/mol. The molecule has 1 fully saturated rings. The first kappa shape index (κ1) is 20.6. The van der Waals surface area contributed by atoms with Crippen LogP contribution in [0.5, 0.6) is 5.75 Å². The van der Waals surface area contributed by atoms with Crippen molar-refractivity contribution in [3.05, 3.63) is 64.7 Å². The highest BCUT2D eigenvalue weighted by Crippen LogP contribution is 2.17. The number of carbonyl (C=O) groups is 1. The van der Waals surface area contributed by atoms with Gasteiger partial charge in [-0.15, -0.1) is 0 Å². The number of nitro benzene ring substituents is 1. The molecule has 1 heterocycles. The molecule has 1 N–H and O–H groups in total. The van der Waals surface area contributed by atoms with Crippen molar-refractivity contribution in [3.8, 4) is 5.75 Å². The third-order valence-electron chi connectivity index (χ3n) is 4.88. The number of hydrogen-bond acceptors (Lipinski definition) is 6. The standard InChI is InChI=1S/C21H26N4O4/c26-21(17-29-20-9-7-19(8-10-20)25(27)28)22-11-4-12-23-13-15-24(16-14-23)18-5-2-1-3-6-18/h1-3,5-10H,4,11-17H2,(H,22,26). The molecular weight excluding hydrogens is 372 g/mol. The minimum Gasteiger partial charge on any atom is -0.484 e. The molecule has 29 heavy (non-hydrogen) atoms. The van der Waals surface area contributed by atoms with Gasteiger partial charge in [-0.05, 0) is 37.2 Å². The first-order chi connectivity index (χ1) is 14.1. The van der Waals surface area contributed by atoms with E-state index in [1.54, 1.807) is 0 Å². The number of ether oxygens (including phenoxy) is 1. The van der Waals surface area contributed by atoms with Crippen LogP contribution < -0.4 is 15.0 Å². The van der Waals surface area contributed by atoms with Crippen LogP contribution in [-0.2, 0) is 4.79 Å². The molecule has 1 aliphatic heterocycles. The normalized spacial score (nSPS) is 14.4. The Morgan fingerprint density at radius 1 is 1.03 bits per heavy atom. The predicted molar refractivity (Wildman–Crippen MR) is 111 cm³/mol. The fourth-order valence-electron chi connectivity index (χ4n) is 3.26. The number of nitrogens with zero attached hydrogens (tertiary/aromatic N) is 3. The van der Waals surface area contributed by atoms with E-state index in [1.807, 2.05) is 6.07 Å². The van der Waals surface area contributed by atoms with E-state index in [-0.39, 0.29) is 18.2 Å². The number of nitro groups is 1. The Balaban J connectivity index is 1.27. The number of para-hydroxylation sites is 1. The van der Waals surface area contributed by atoms with E-state index < -0.39 is 4.92 Å². The second kappa shape index (κ2) is 10.4. The lowest BCUT2D eigenvalue weighted by Crippen LogP contribution is -2.47. The van der Waals surface area contributed by atoms with Crippen molar-refractivity contribution in [2.75, 3.05) is 50.8 Å². The van der Waals surface area contributed by atoms with Crippen molar-refractivity contribution < 1.29 is 14.5 Å². The summed E-state index contributed by atoms with van der Waals surface area (Å²) in [6.45, 7) is 5.51. The average molecular weight is 398 g/mol. The van der Waals surface area contributed by atoms with Crippen molar-refractivity contribution in [3.63, 3.8) is 0 Å². The SMILES string of the molecule is O=C(COc1ccc([N+](=O)[O-])cc1)NCCCN1CCN(c2ccccc2)CC1. The van der Waals surface area contributed by atoms with Crippen LogP contribution >= 0.6 is 0 Å². The van der Waals surface area contributed by atoms with E-state index in [0.717, 1.165) is 39.1 Å². The van der Waals surface area contributed by atoms with Crippen molar-refractivity contribution in [1.82, 2.24) is 10.2 Å². The van der Waals surface area contributed by atoms with Crippen LogP contribution in [-0.4, -0.2) is 61.6 Å². The molecule has 0 aromatic heterocycles. The number of amides is 1. The van der Waals surface area contributed by atoms with Crippen LogP contribution in [0.3, 0.4) is 0 Å². The van der Waals surface area contributed by atoms with Gasteiger partial charge in [-0.1, -0.05) is 18.2 Å². The first-order valence-corrected chi connectivity index (χ1v) is 9.78. The number of piperazine rings is 1. The summed E-state index contributed by atoms with van der Waals surface area (Å²) < 4.78 is 5.35. The molecule has 1 saturated heterocycles. The maximum absolute atomic E-state index is 11.9. The Labute approximate surface area is 170 Å². The van der Waals surface area contributed by atoms with Gasteiger partial charge in [0.15, 0.2) is 6.61 Å². The molecule has 0 atom stereocenters. The van der Waals surface area contributed by atoms with E-state index in [2.05, 4.69) is 39.4 Å². The predicted octanol–water partition coefficient (Wildman–Crippen LogP) is 2.30. The zero-order valence-electron chi connectivity index (χ0n) is 16.3. The van der Waals surface area contributed by atoms with E-state index in [1.165, 1.54) is 30.0 Å². The molecule has 0 unspecified atom stereocenters. The van der Waals surface area contributed by atoms with Crippen LogP contribution in [0.1, 0.15) is 6.42 Å². The lowest BCUT2D eigenvalue weighted by molar-refractivity contribution is -0.384. The minimum atomic E-state index is -0.474. The van der Waals surface area contributed by atoms with Crippen molar-refractivity contribution in [2.24, 2.45) is 0 Å². The number of nitrogens with one attached hydrogen (secondary N) is 1. The molecule has 0 radical (unpaired) electrons. The summed E-state index contributed by atoms with van der Waals surface area (Å²) in [5, 5.41) is 13.5. The summed E-state index contributed by atoms with van der Waals surface area (Å²) in [4.78, 5) is 26.8. The zero-order valence-corrected chi connectivity index (χ0v) is 16.3. The van der Waals surface area contributed by atoms with Gasteiger partial charge in [-0.25, -0.2) is 0 Å². The number of benzene rings is 2. The van der Waals surface area contributed by atoms with Crippen LogP contribution in [0.25, 0.3) is 0 Å². The highest BCUT2D eigenvalue weighted by atomic mass is 16.6. The van der Waals surface area contributed by atoms with Gasteiger partial charge in [-0.3, -0.25) is 19.8 Å². The number of non-ortho nitro benzene ring substituents is 1. The van der Waals surface area contributed by atoms with Gasteiger partial charge < -0.3 is 15.0 Å². The lowest BCUT2D eigenvalue weighted by Gasteiger charge is -2.36. The molecule has 3 rings (SSSR count). The van der Waals surface area contributed by atoms with Gasteiger partial charge in [0.05, 0.1) is 4.92 Å². The highest BCUT2D eigenvalue weighted by Gasteiger charge is 2.16. The third-order valence-corrected chi connectivity index (χ3v) is 4.88. The Kier molecular flexibility index (Phi) is 7.40. The molecule has 1 aliphatic rings. The molecule has 1 amide bonds. The van der Waals surface area contributed by atoms with E-state index in [0.29, 0.717) is 12.3 Å². The van der Waals surface area contributed by atoms with E-state index in [9.17, 15) is 14.9 Å². The second-order valence-electron chi connectivity index (χ2n) is 6.91. The number of carbonyl (C=O) groups excluding carboxylic acids is 1. The first-order valence-electron chi connectivity index (χ1n) is 9.78. The van der Waals surface area contributed by atoms with E-state index >= 15 is 0 Å². The summed E-state index contributed by atoms with van der Waals surface area (Å²) in [7, 11) is 0. The topological polar surface area (TPSA) is 87.9 Å². The van der Waals surface area contributed by atoms with Crippen LogP contribution in [0, 0.1) is 10.1 Å². The minimum absolute atomic E-state index is 0.00796. The summed E-state index contributed by atoms with van der Waals surface area (Å²) in [6.07, 6.45) is 0.884. The summed E-state index contributed by atoms with van der Waals surface area (Å²) >= 11 is 0. The zero-order chi connectivity index (χ0) is 20.5. The van der Waals surface area contributed by atoms with Crippen LogP contribution in [0.15, 0.2) is 54.6 Å². The Morgan fingerprint density at radius 2 is 1.72 bits per heavy atom. The molecule has 8 nitrogen and oxygen atoms in total. The maximum Gasteiger partial charge on any atom is 0.269 e. The number of hydrogen-bond donors (Lipinski definition) is 1. The molecule has 0 aliphatic carbocycles. The van der Waals surface area contributed by atoms with Gasteiger partial charge in [0.1, 0.15) is 5.75 Å². The molecular formula is C21H26N4O4. The third kappa shape index (κ3) is 6.46. The Hall–Kier alpha value is -3.13. The van der Waals surface area contributed by atoms with Gasteiger partial charge in [0.2, 0.25) is 0 Å². The van der Waals surface area contributed by atoms with Gasteiger partial charge >= 0.3 is 0 Å². The smallest absolute Gasteiger partial charge is 0.269 e. The Morgan fingerprint density at radius 3 is 2.38 bits per heavy atom. The van der Waals surface area contributed by atoms with Gasteiger partial charge in [-0.2, -0.15) is 0 Å². The van der Waals surface area contributed by atoms with Crippen LogP contribution in [0.4, 0.5) is 11.4 Å². The van der Waals surface area contributed by atoms with Gasteiger partial charge in [0.25, 0.3) is 11.6 Å². The molecule has 0 bridgehead atoms. The second-order valence-corrected chi connectivity index (χ2v) is 6.91. The van der Waals surface area contributed by atoms with Crippen molar-refractivity contribution in [1.29, 1.82) is 0 Å². The number of anilines is 1. The molecule has 2 aromatic carbocycles. The average Bonchev–Trinajstić information content (AvgIpc) is 2.76. The van der Waals surface area contributed by atoms with Gasteiger partial charge in [0, 0.05) is 50.5 Å². The molecule has 2 aromatic rings. The van der Waals surface area contributed by atoms with E-state index in [4.69, 9.17) is 4.74 Å². The number of rotatable bonds is 9. The highest BCUT2D eigenvalue weighted by molar-refractivity contribution is 5.77.